The summed E-state index contributed by atoms with van der Waals surface area (Å²) in [6, 6.07) is 32.4. The molecule has 1 heterocycles. The number of primary sulfonamides is 1. The molecule has 1 aromatic heterocycles. The van der Waals surface area contributed by atoms with Crippen molar-refractivity contribution in [1.29, 1.82) is 0 Å². The minimum atomic E-state index is -4.94. The van der Waals surface area contributed by atoms with Gasteiger partial charge < -0.3 is 0 Å². The Balaban J connectivity index is 0.000000732. The molecule has 4 rings (SSSR count). The molecule has 0 bridgehead atoms. The number of halogens is 1. The molecule has 2 N–H and O–H groups in total. The minimum Gasteiger partial charge on any atom is -0.225 e. The van der Waals surface area contributed by atoms with E-state index in [0.717, 1.165) is 31.4 Å². The largest absolute Gasteiger partial charge is 0.238 e. The number of nitrogens with two attached hydrogens (primary N) is 1. The van der Waals surface area contributed by atoms with Gasteiger partial charge in [-0.15, -0.1) is 10.2 Å². The number of pyridine rings is 1. The Morgan fingerprint density at radius 2 is 1.26 bits per heavy atom. The SMILES string of the molecule is CCCc1cc(-c2ccccc2)cc(-c2ccccc2)[n+]1CCc1ccc(S(N)(=O)=O)cc1.[O-][Cl+3]([O-])([O-])[O-]. The van der Waals surface area contributed by atoms with E-state index in [2.05, 4.69) is 72.2 Å². The molecule has 8 nitrogen and oxygen atoms in total. The average molecular weight is 557 g/mol. The van der Waals surface area contributed by atoms with Crippen molar-refractivity contribution in [2.45, 2.75) is 37.6 Å². The lowest BCUT2D eigenvalue weighted by Crippen LogP contribution is -2.68. The van der Waals surface area contributed by atoms with Gasteiger partial charge in [-0.3, -0.25) is 0 Å². The van der Waals surface area contributed by atoms with Crippen LogP contribution in [-0.2, 0) is 29.4 Å². The maximum atomic E-state index is 11.6. The first-order chi connectivity index (χ1) is 18.0. The molecule has 0 atom stereocenters. The highest BCUT2D eigenvalue weighted by molar-refractivity contribution is 7.89. The van der Waals surface area contributed by atoms with Crippen molar-refractivity contribution < 1.29 is 41.9 Å². The summed E-state index contributed by atoms with van der Waals surface area (Å²) in [7, 11) is -8.62. The third-order valence-corrected chi connectivity index (χ3v) is 6.74. The fraction of sp³-hybridized carbons (Fsp3) is 0.179. The van der Waals surface area contributed by atoms with Gasteiger partial charge in [-0.05, 0) is 47.4 Å². The van der Waals surface area contributed by atoms with Crippen LogP contribution in [-0.4, -0.2) is 8.42 Å². The lowest BCUT2D eigenvalue weighted by atomic mass is 9.99. The Morgan fingerprint density at radius 3 is 1.76 bits per heavy atom. The van der Waals surface area contributed by atoms with Gasteiger partial charge >= 0.3 is 0 Å². The fourth-order valence-corrected chi connectivity index (χ4v) is 4.65. The molecule has 0 saturated heterocycles. The molecule has 0 fully saturated rings. The zero-order valence-corrected chi connectivity index (χ0v) is 22.4. The molecule has 0 aliphatic rings. The van der Waals surface area contributed by atoms with Crippen molar-refractivity contribution in [1.82, 2.24) is 0 Å². The van der Waals surface area contributed by atoms with E-state index in [4.69, 9.17) is 23.8 Å². The fourth-order valence-electron chi connectivity index (χ4n) is 4.14. The zero-order chi connectivity index (χ0) is 27.8. The van der Waals surface area contributed by atoms with Gasteiger partial charge in [0.25, 0.3) is 0 Å². The molecule has 0 spiro atoms. The average Bonchev–Trinajstić information content (AvgIpc) is 2.87. The molecule has 200 valence electrons. The highest BCUT2D eigenvalue weighted by Gasteiger charge is 2.21. The van der Waals surface area contributed by atoms with E-state index in [-0.39, 0.29) is 4.90 Å². The summed E-state index contributed by atoms with van der Waals surface area (Å²) < 4.78 is 59.5. The minimum absolute atomic E-state index is 0.141. The van der Waals surface area contributed by atoms with Crippen molar-refractivity contribution >= 4 is 10.0 Å². The van der Waals surface area contributed by atoms with Crippen molar-refractivity contribution in [3.63, 3.8) is 0 Å². The van der Waals surface area contributed by atoms with Crippen LogP contribution < -0.4 is 28.3 Å². The van der Waals surface area contributed by atoms with E-state index in [1.54, 1.807) is 12.1 Å². The molecule has 3 aromatic carbocycles. The Hall–Kier alpha value is -3.15. The summed E-state index contributed by atoms with van der Waals surface area (Å²) in [5, 5.41) is 5.24. The second-order valence-corrected chi connectivity index (χ2v) is 10.9. The first-order valence-electron chi connectivity index (χ1n) is 11.9. The van der Waals surface area contributed by atoms with Crippen LogP contribution in [0.15, 0.2) is 102 Å². The van der Waals surface area contributed by atoms with E-state index in [1.807, 2.05) is 24.3 Å². The predicted molar refractivity (Wildman–Crippen MR) is 133 cm³/mol. The van der Waals surface area contributed by atoms with Gasteiger partial charge in [0.05, 0.1) is 4.90 Å². The highest BCUT2D eigenvalue weighted by Crippen LogP contribution is 2.26. The summed E-state index contributed by atoms with van der Waals surface area (Å²) in [6.07, 6.45) is 2.82. The summed E-state index contributed by atoms with van der Waals surface area (Å²) in [4.78, 5) is 0.141. The zero-order valence-electron chi connectivity index (χ0n) is 20.8. The number of rotatable bonds is 8. The highest BCUT2D eigenvalue weighted by atomic mass is 35.7. The van der Waals surface area contributed by atoms with Crippen LogP contribution in [0.4, 0.5) is 0 Å². The number of hydrogen-bond donors (Lipinski definition) is 1. The van der Waals surface area contributed by atoms with Gasteiger partial charge in [-0.25, -0.2) is 32.2 Å². The van der Waals surface area contributed by atoms with Gasteiger partial charge in [0.15, 0.2) is 12.2 Å². The third kappa shape index (κ3) is 9.00. The van der Waals surface area contributed by atoms with E-state index < -0.39 is 20.3 Å². The van der Waals surface area contributed by atoms with Crippen LogP contribution in [0.5, 0.6) is 0 Å². The molecule has 0 aliphatic heterocycles. The van der Waals surface area contributed by atoms with Gasteiger partial charge in [0.2, 0.25) is 15.7 Å². The smallest absolute Gasteiger partial charge is 0.225 e. The number of aromatic nitrogens is 1. The van der Waals surface area contributed by atoms with Crippen LogP contribution in [0, 0.1) is 10.2 Å². The van der Waals surface area contributed by atoms with E-state index in [9.17, 15) is 8.42 Å². The molecule has 0 saturated carbocycles. The molecule has 38 heavy (non-hydrogen) atoms. The third-order valence-electron chi connectivity index (χ3n) is 5.81. The first-order valence-corrected chi connectivity index (χ1v) is 14.6. The summed E-state index contributed by atoms with van der Waals surface area (Å²) >= 11 is 0. The molecule has 10 heteroatoms. The topological polar surface area (TPSA) is 156 Å². The summed E-state index contributed by atoms with van der Waals surface area (Å²) in [6.45, 7) is 3.00. The van der Waals surface area contributed by atoms with Gasteiger partial charge in [-0.1, -0.05) is 67.6 Å². The van der Waals surface area contributed by atoms with Crippen molar-refractivity contribution in [3.8, 4) is 22.4 Å². The molecule has 4 aromatic rings. The lowest BCUT2D eigenvalue weighted by molar-refractivity contribution is -2.00. The van der Waals surface area contributed by atoms with Crippen molar-refractivity contribution in [2.24, 2.45) is 5.14 Å². The first kappa shape index (κ1) is 29.4. The van der Waals surface area contributed by atoms with Gasteiger partial charge in [0, 0.05) is 30.5 Å². The quantitative estimate of drug-likeness (QED) is 0.309. The van der Waals surface area contributed by atoms with Crippen molar-refractivity contribution in [2.75, 3.05) is 0 Å². The van der Waals surface area contributed by atoms with E-state index in [1.165, 1.54) is 28.1 Å². The summed E-state index contributed by atoms with van der Waals surface area (Å²) in [5.41, 5.74) is 7.14. The normalized spacial score (nSPS) is 11.5. The molecule has 0 radical (unpaired) electrons. The van der Waals surface area contributed by atoms with Crippen LogP contribution >= 0.6 is 0 Å². The van der Waals surface area contributed by atoms with Gasteiger partial charge in [-0.2, -0.15) is 4.57 Å². The van der Waals surface area contributed by atoms with Gasteiger partial charge in [0.1, 0.15) is 0 Å². The van der Waals surface area contributed by atoms with Crippen LogP contribution in [0.3, 0.4) is 0 Å². The van der Waals surface area contributed by atoms with Crippen LogP contribution in [0.25, 0.3) is 22.4 Å². The second-order valence-electron chi connectivity index (χ2n) is 8.57. The number of aryl methyl sites for hydroxylation is 2. The Kier molecular flexibility index (Phi) is 10.1. The van der Waals surface area contributed by atoms with Crippen LogP contribution in [0.2, 0.25) is 0 Å². The molecule has 0 unspecified atom stereocenters. The number of nitrogens with zero attached hydrogens (tertiary/aromatic N) is 1. The van der Waals surface area contributed by atoms with Crippen LogP contribution in [0.1, 0.15) is 24.6 Å². The molecular formula is C28H29ClN2O6S. The number of sulfonamides is 1. The Bertz CT molecular complexity index is 1420. The van der Waals surface area contributed by atoms with E-state index in [0.29, 0.717) is 0 Å². The maximum absolute atomic E-state index is 11.6. The molecular weight excluding hydrogens is 528 g/mol. The van der Waals surface area contributed by atoms with E-state index >= 15 is 0 Å². The Morgan fingerprint density at radius 1 is 0.737 bits per heavy atom. The van der Waals surface area contributed by atoms with Crippen molar-refractivity contribution in [3.05, 3.63) is 108 Å². The standard InChI is InChI=1S/C28H29N2O2S.ClHO4/c1-2-9-26-20-25(23-10-5-3-6-11-23)21-28(24-12-7-4-8-13-24)30(26)19-18-22-14-16-27(17-15-22)33(29,31)32;2-1(3,4)5/h3-8,10-17,20-21H,2,9,18-19H2,1H3,(H2,29,31,32);(H,2,3,4,5)/q+1;/p-1. The molecule has 0 amide bonds. The monoisotopic (exact) mass is 556 g/mol. The molecule has 0 aliphatic carbocycles. The lowest BCUT2D eigenvalue weighted by Gasteiger charge is -2.17. The number of hydrogen-bond acceptors (Lipinski definition) is 6. The second kappa shape index (κ2) is 13.1. The summed E-state index contributed by atoms with van der Waals surface area (Å²) in [5.74, 6) is 0. The maximum Gasteiger partial charge on any atom is 0.238 e. The predicted octanol–water partition coefficient (Wildman–Crippen LogP) is 0.395. The number of benzene rings is 3. The Labute approximate surface area is 225 Å².